The molecule has 0 saturated heterocycles. The number of amides is 3. The lowest BCUT2D eigenvalue weighted by atomic mass is 10.0. The summed E-state index contributed by atoms with van der Waals surface area (Å²) >= 11 is 0. The van der Waals surface area contributed by atoms with E-state index in [1.165, 1.54) is 6.92 Å². The summed E-state index contributed by atoms with van der Waals surface area (Å²) in [5.74, 6) is -4.60. The van der Waals surface area contributed by atoms with Gasteiger partial charge in [-0.05, 0) is 45.1 Å². The lowest BCUT2D eigenvalue weighted by Crippen LogP contribution is -2.56. The van der Waals surface area contributed by atoms with Gasteiger partial charge >= 0.3 is 11.9 Å². The Morgan fingerprint density at radius 3 is 1.90 bits per heavy atom. The van der Waals surface area contributed by atoms with Crippen molar-refractivity contribution >= 4 is 29.7 Å². The Kier molecular flexibility index (Phi) is 13.0. The first-order chi connectivity index (χ1) is 14.4. The van der Waals surface area contributed by atoms with Gasteiger partial charge < -0.3 is 37.6 Å². The lowest BCUT2D eigenvalue weighted by Gasteiger charge is -2.24. The number of carboxylic acid groups (broad SMARTS) is 2. The van der Waals surface area contributed by atoms with Crippen molar-refractivity contribution in [3.8, 4) is 0 Å². The summed E-state index contributed by atoms with van der Waals surface area (Å²) in [4.78, 5) is 59.1. The normalized spacial score (nSPS) is 14.8. The molecule has 4 unspecified atom stereocenters. The predicted octanol–water partition coefficient (Wildman–Crippen LogP) is -1.48. The summed E-state index contributed by atoms with van der Waals surface area (Å²) in [6.07, 6.45) is 0.969. The second kappa shape index (κ2) is 14.3. The maximum absolute atomic E-state index is 12.6. The van der Waals surface area contributed by atoms with E-state index in [9.17, 15) is 29.1 Å². The number of carbonyl (C=O) groups excluding carboxylic acids is 3. The van der Waals surface area contributed by atoms with Crippen molar-refractivity contribution < 1.29 is 34.2 Å². The fourth-order valence-electron chi connectivity index (χ4n) is 2.69. The molecule has 4 atom stereocenters. The Hall–Kier alpha value is -2.73. The molecular formula is C19H35N5O7. The maximum Gasteiger partial charge on any atom is 0.326 e. The molecule has 12 nitrogen and oxygen atoms in total. The quantitative estimate of drug-likeness (QED) is 0.146. The molecule has 0 radical (unpaired) electrons. The van der Waals surface area contributed by atoms with Crippen molar-refractivity contribution in [1.29, 1.82) is 0 Å². The molecule has 9 N–H and O–H groups in total. The molecule has 0 heterocycles. The number of unbranched alkanes of at least 4 members (excludes halogenated alkanes) is 1. The zero-order valence-corrected chi connectivity index (χ0v) is 18.2. The van der Waals surface area contributed by atoms with Gasteiger partial charge in [-0.2, -0.15) is 0 Å². The summed E-state index contributed by atoms with van der Waals surface area (Å²) in [7, 11) is 0. The van der Waals surface area contributed by atoms with Crippen LogP contribution in [0.2, 0.25) is 0 Å². The van der Waals surface area contributed by atoms with E-state index in [0.29, 0.717) is 19.4 Å². The number of hydrogen-bond donors (Lipinski definition) is 7. The van der Waals surface area contributed by atoms with Crippen molar-refractivity contribution in [1.82, 2.24) is 16.0 Å². The zero-order valence-electron chi connectivity index (χ0n) is 18.2. The first-order valence-electron chi connectivity index (χ1n) is 10.2. The minimum absolute atomic E-state index is 0.00480. The van der Waals surface area contributed by atoms with Gasteiger partial charge in [0, 0.05) is 0 Å². The molecule has 0 bridgehead atoms. The molecule has 0 aromatic carbocycles. The number of aliphatic carboxylic acids is 2. The van der Waals surface area contributed by atoms with E-state index in [1.54, 1.807) is 0 Å². The Morgan fingerprint density at radius 1 is 0.839 bits per heavy atom. The lowest BCUT2D eigenvalue weighted by molar-refractivity contribution is -0.142. The van der Waals surface area contributed by atoms with Gasteiger partial charge in [0.25, 0.3) is 0 Å². The highest BCUT2D eigenvalue weighted by Gasteiger charge is 2.29. The molecular weight excluding hydrogens is 410 g/mol. The van der Waals surface area contributed by atoms with E-state index in [0.717, 1.165) is 0 Å². The fraction of sp³-hybridized carbons (Fsp3) is 0.737. The van der Waals surface area contributed by atoms with Crippen LogP contribution in [0, 0.1) is 5.92 Å². The second-order valence-electron chi connectivity index (χ2n) is 7.81. The standard InChI is InChI=1S/C19H35N5O7/c1-10(2)8-14(24-17(28)12(21)9-15(25)26)18(29)22-11(3)16(27)23-13(19(30)31)6-4-5-7-20/h10-14H,4-9,20-21H2,1-3H3,(H,22,29)(H,23,27)(H,24,28)(H,25,26)(H,30,31). The van der Waals surface area contributed by atoms with Crippen molar-refractivity contribution in [3.63, 3.8) is 0 Å². The topological polar surface area (TPSA) is 214 Å². The highest BCUT2D eigenvalue weighted by molar-refractivity contribution is 5.94. The number of carboxylic acids is 2. The SMILES string of the molecule is CC(C)CC(NC(=O)C(N)CC(=O)O)C(=O)NC(C)C(=O)NC(CCCCN)C(=O)O. The van der Waals surface area contributed by atoms with Gasteiger partial charge in [0.15, 0.2) is 0 Å². The molecule has 0 spiro atoms. The molecule has 0 fully saturated rings. The highest BCUT2D eigenvalue weighted by atomic mass is 16.4. The van der Waals surface area contributed by atoms with E-state index in [4.69, 9.17) is 16.6 Å². The third-order valence-corrected chi connectivity index (χ3v) is 4.38. The molecule has 0 aromatic rings. The van der Waals surface area contributed by atoms with Gasteiger partial charge in [0.1, 0.15) is 18.1 Å². The number of nitrogens with one attached hydrogen (secondary N) is 3. The molecule has 178 valence electrons. The van der Waals surface area contributed by atoms with E-state index < -0.39 is 60.2 Å². The smallest absolute Gasteiger partial charge is 0.326 e. The van der Waals surface area contributed by atoms with Crippen LogP contribution in [-0.4, -0.2) is 70.6 Å². The Labute approximate surface area is 181 Å². The van der Waals surface area contributed by atoms with Gasteiger partial charge in [-0.15, -0.1) is 0 Å². The van der Waals surface area contributed by atoms with Crippen LogP contribution in [0.4, 0.5) is 0 Å². The Balaban J connectivity index is 5.01. The van der Waals surface area contributed by atoms with Crippen LogP contribution in [0.1, 0.15) is 52.9 Å². The van der Waals surface area contributed by atoms with Gasteiger partial charge in [-0.25, -0.2) is 4.79 Å². The molecule has 0 aliphatic rings. The minimum Gasteiger partial charge on any atom is -0.481 e. The summed E-state index contributed by atoms with van der Waals surface area (Å²) in [5.41, 5.74) is 10.9. The van der Waals surface area contributed by atoms with E-state index in [2.05, 4.69) is 16.0 Å². The fourth-order valence-corrected chi connectivity index (χ4v) is 2.69. The molecule has 0 aromatic heterocycles. The first kappa shape index (κ1) is 28.3. The highest BCUT2D eigenvalue weighted by Crippen LogP contribution is 2.07. The van der Waals surface area contributed by atoms with Crippen LogP contribution in [0.3, 0.4) is 0 Å². The average molecular weight is 446 g/mol. The number of carbonyl (C=O) groups is 5. The van der Waals surface area contributed by atoms with Gasteiger partial charge in [-0.3, -0.25) is 19.2 Å². The summed E-state index contributed by atoms with van der Waals surface area (Å²) in [5, 5.41) is 25.2. The van der Waals surface area contributed by atoms with E-state index in [1.807, 2.05) is 13.8 Å². The van der Waals surface area contributed by atoms with Crippen LogP contribution in [-0.2, 0) is 24.0 Å². The Bertz CT molecular complexity index is 641. The van der Waals surface area contributed by atoms with Crippen LogP contribution in [0.25, 0.3) is 0 Å². The maximum atomic E-state index is 12.6. The molecule has 0 aliphatic heterocycles. The molecule has 12 heteroatoms. The van der Waals surface area contributed by atoms with Crippen LogP contribution in [0.5, 0.6) is 0 Å². The predicted molar refractivity (Wildman–Crippen MR) is 112 cm³/mol. The van der Waals surface area contributed by atoms with Crippen molar-refractivity contribution in [2.45, 2.75) is 77.0 Å². The monoisotopic (exact) mass is 445 g/mol. The third-order valence-electron chi connectivity index (χ3n) is 4.38. The zero-order chi connectivity index (χ0) is 24.1. The molecule has 0 aliphatic carbocycles. The summed E-state index contributed by atoms with van der Waals surface area (Å²) in [6.45, 7) is 5.43. The second-order valence-corrected chi connectivity index (χ2v) is 7.81. The van der Waals surface area contributed by atoms with E-state index in [-0.39, 0.29) is 18.8 Å². The molecule has 31 heavy (non-hydrogen) atoms. The number of rotatable bonds is 15. The Morgan fingerprint density at radius 2 is 1.42 bits per heavy atom. The van der Waals surface area contributed by atoms with E-state index >= 15 is 0 Å². The first-order valence-corrected chi connectivity index (χ1v) is 10.2. The van der Waals surface area contributed by atoms with Crippen molar-refractivity contribution in [2.75, 3.05) is 6.54 Å². The van der Waals surface area contributed by atoms with Gasteiger partial charge in [0.2, 0.25) is 17.7 Å². The number of hydrogen-bond acceptors (Lipinski definition) is 7. The van der Waals surface area contributed by atoms with Gasteiger partial charge in [0.05, 0.1) is 12.5 Å². The largest absolute Gasteiger partial charge is 0.481 e. The van der Waals surface area contributed by atoms with Gasteiger partial charge in [-0.1, -0.05) is 13.8 Å². The van der Waals surface area contributed by atoms with Crippen molar-refractivity contribution in [2.24, 2.45) is 17.4 Å². The molecule has 0 rings (SSSR count). The summed E-state index contributed by atoms with van der Waals surface area (Å²) < 4.78 is 0. The average Bonchev–Trinajstić information content (AvgIpc) is 2.65. The van der Waals surface area contributed by atoms with Crippen LogP contribution >= 0.6 is 0 Å². The van der Waals surface area contributed by atoms with Crippen LogP contribution in [0.15, 0.2) is 0 Å². The van der Waals surface area contributed by atoms with Crippen molar-refractivity contribution in [3.05, 3.63) is 0 Å². The molecule has 3 amide bonds. The van der Waals surface area contributed by atoms with Crippen LogP contribution < -0.4 is 27.4 Å². The molecule has 0 saturated carbocycles. The third kappa shape index (κ3) is 11.9. The number of nitrogens with two attached hydrogens (primary N) is 2. The minimum atomic E-state index is -1.33. The summed E-state index contributed by atoms with van der Waals surface area (Å²) in [6, 6.07) is -4.55.